The number of ether oxygens (including phenoxy) is 1. The number of nitrogens with zero attached hydrogens (tertiary/aromatic N) is 3. The molecule has 2 aromatic rings. The summed E-state index contributed by atoms with van der Waals surface area (Å²) in [5.41, 5.74) is 1.78. The van der Waals surface area contributed by atoms with Crippen LogP contribution in [0.2, 0.25) is 0 Å². The quantitative estimate of drug-likeness (QED) is 0.873. The Morgan fingerprint density at radius 1 is 1.22 bits per heavy atom. The lowest BCUT2D eigenvalue weighted by Crippen LogP contribution is -2.06. The lowest BCUT2D eigenvalue weighted by Gasteiger charge is -2.10. The van der Waals surface area contributed by atoms with Crippen LogP contribution >= 0.6 is 0 Å². The Morgan fingerprint density at radius 3 is 2.83 bits per heavy atom. The first kappa shape index (κ1) is 12.3. The van der Waals surface area contributed by atoms with Crippen LogP contribution in [0.15, 0.2) is 30.7 Å². The molecule has 5 heteroatoms. The van der Waals surface area contributed by atoms with Gasteiger partial charge in [0.15, 0.2) is 11.6 Å². The molecule has 5 nitrogen and oxygen atoms in total. The van der Waals surface area contributed by atoms with Crippen molar-refractivity contribution < 1.29 is 4.74 Å². The Hall–Kier alpha value is -2.17. The molecule has 18 heavy (non-hydrogen) atoms. The first-order valence-corrected chi connectivity index (χ1v) is 5.89. The third-order valence-corrected chi connectivity index (χ3v) is 2.34. The zero-order chi connectivity index (χ0) is 12.8. The summed E-state index contributed by atoms with van der Waals surface area (Å²) in [6, 6.07) is 3.74. The van der Waals surface area contributed by atoms with E-state index >= 15 is 0 Å². The zero-order valence-corrected chi connectivity index (χ0v) is 10.6. The number of anilines is 1. The number of nitrogens with one attached hydrogen (secondary N) is 1. The van der Waals surface area contributed by atoms with E-state index in [1.807, 2.05) is 26.0 Å². The highest BCUT2D eigenvalue weighted by atomic mass is 16.5. The highest BCUT2D eigenvalue weighted by Gasteiger charge is 2.03. The second-order valence-corrected chi connectivity index (χ2v) is 3.79. The van der Waals surface area contributed by atoms with E-state index < -0.39 is 0 Å². The van der Waals surface area contributed by atoms with Crippen molar-refractivity contribution in [3.8, 4) is 5.75 Å². The first-order valence-electron chi connectivity index (χ1n) is 5.89. The minimum atomic E-state index is 0.574. The summed E-state index contributed by atoms with van der Waals surface area (Å²) in [7, 11) is 0. The number of aryl methyl sites for hydroxylation is 1. The van der Waals surface area contributed by atoms with E-state index in [1.165, 1.54) is 0 Å². The molecule has 94 valence electrons. The van der Waals surface area contributed by atoms with Crippen molar-refractivity contribution in [3.63, 3.8) is 0 Å². The molecular weight excluding hydrogens is 228 g/mol. The van der Waals surface area contributed by atoms with Crippen molar-refractivity contribution in [1.29, 1.82) is 0 Å². The average molecular weight is 244 g/mol. The van der Waals surface area contributed by atoms with Crippen LogP contribution in [0, 0.1) is 6.92 Å². The van der Waals surface area contributed by atoms with Crippen LogP contribution in [0.1, 0.15) is 18.3 Å². The van der Waals surface area contributed by atoms with Gasteiger partial charge in [0, 0.05) is 12.4 Å². The van der Waals surface area contributed by atoms with Gasteiger partial charge in [-0.1, -0.05) is 0 Å². The highest BCUT2D eigenvalue weighted by molar-refractivity contribution is 5.49. The molecule has 2 aromatic heterocycles. The van der Waals surface area contributed by atoms with Crippen LogP contribution in [0.25, 0.3) is 0 Å². The maximum absolute atomic E-state index is 5.48. The Balaban J connectivity index is 2.03. The standard InChI is InChI=1S/C13H16N4O/c1-3-18-12-5-4-6-14-13(12)17-9-11-8-15-10(2)7-16-11/h4-8H,3,9H2,1-2H3,(H,14,17). The van der Waals surface area contributed by atoms with Gasteiger partial charge < -0.3 is 10.1 Å². The molecule has 0 radical (unpaired) electrons. The molecule has 0 bridgehead atoms. The molecule has 0 unspecified atom stereocenters. The molecule has 0 saturated heterocycles. The second-order valence-electron chi connectivity index (χ2n) is 3.79. The molecular formula is C13H16N4O. The van der Waals surface area contributed by atoms with Crippen LogP contribution in [-0.2, 0) is 6.54 Å². The monoisotopic (exact) mass is 244 g/mol. The molecule has 0 saturated carbocycles. The van der Waals surface area contributed by atoms with Gasteiger partial charge in [-0.2, -0.15) is 0 Å². The van der Waals surface area contributed by atoms with Crippen molar-refractivity contribution >= 4 is 5.82 Å². The molecule has 0 aliphatic carbocycles. The van der Waals surface area contributed by atoms with E-state index in [0.717, 1.165) is 23.0 Å². The molecule has 0 spiro atoms. The molecule has 0 aliphatic heterocycles. The van der Waals surface area contributed by atoms with Crippen molar-refractivity contribution in [2.75, 3.05) is 11.9 Å². The zero-order valence-electron chi connectivity index (χ0n) is 10.6. The largest absolute Gasteiger partial charge is 0.490 e. The smallest absolute Gasteiger partial charge is 0.169 e. The molecule has 1 N–H and O–H groups in total. The lowest BCUT2D eigenvalue weighted by atomic mass is 10.4. The van der Waals surface area contributed by atoms with Gasteiger partial charge in [0.25, 0.3) is 0 Å². The molecule has 0 aromatic carbocycles. The predicted octanol–water partition coefficient (Wildman–Crippen LogP) is 2.19. The van der Waals surface area contributed by atoms with E-state index in [0.29, 0.717) is 13.2 Å². The molecule has 0 aliphatic rings. The van der Waals surface area contributed by atoms with Crippen LogP contribution in [-0.4, -0.2) is 21.6 Å². The SMILES string of the molecule is CCOc1cccnc1NCc1cnc(C)cn1. The maximum Gasteiger partial charge on any atom is 0.169 e. The summed E-state index contributed by atoms with van der Waals surface area (Å²) >= 11 is 0. The lowest BCUT2D eigenvalue weighted by molar-refractivity contribution is 0.340. The Kier molecular flexibility index (Phi) is 4.06. The Morgan fingerprint density at radius 2 is 2.11 bits per heavy atom. The van der Waals surface area contributed by atoms with Gasteiger partial charge in [-0.15, -0.1) is 0 Å². The summed E-state index contributed by atoms with van der Waals surface area (Å²) in [6.45, 7) is 5.05. The molecule has 0 amide bonds. The third kappa shape index (κ3) is 3.16. The summed E-state index contributed by atoms with van der Waals surface area (Å²) in [5, 5.41) is 3.20. The number of rotatable bonds is 5. The van der Waals surface area contributed by atoms with Gasteiger partial charge >= 0.3 is 0 Å². The maximum atomic E-state index is 5.48. The second kappa shape index (κ2) is 5.95. The molecule has 2 heterocycles. The van der Waals surface area contributed by atoms with E-state index in [-0.39, 0.29) is 0 Å². The van der Waals surface area contributed by atoms with Gasteiger partial charge in [-0.25, -0.2) is 4.98 Å². The predicted molar refractivity (Wildman–Crippen MR) is 69.5 cm³/mol. The number of hydrogen-bond donors (Lipinski definition) is 1. The molecule has 0 fully saturated rings. The number of hydrogen-bond acceptors (Lipinski definition) is 5. The minimum Gasteiger partial charge on any atom is -0.490 e. The normalized spacial score (nSPS) is 10.1. The van der Waals surface area contributed by atoms with Crippen molar-refractivity contribution in [3.05, 3.63) is 42.1 Å². The van der Waals surface area contributed by atoms with Crippen LogP contribution in [0.5, 0.6) is 5.75 Å². The van der Waals surface area contributed by atoms with E-state index in [4.69, 9.17) is 4.74 Å². The van der Waals surface area contributed by atoms with Crippen LogP contribution < -0.4 is 10.1 Å². The van der Waals surface area contributed by atoms with E-state index in [2.05, 4.69) is 20.3 Å². The first-order chi connectivity index (χ1) is 8.79. The van der Waals surface area contributed by atoms with Gasteiger partial charge in [0.2, 0.25) is 0 Å². The van der Waals surface area contributed by atoms with Gasteiger partial charge in [-0.3, -0.25) is 9.97 Å². The van der Waals surface area contributed by atoms with Crippen molar-refractivity contribution in [2.45, 2.75) is 20.4 Å². The Labute approximate surface area is 106 Å². The summed E-state index contributed by atoms with van der Waals surface area (Å²) < 4.78 is 5.48. The van der Waals surface area contributed by atoms with Crippen molar-refractivity contribution in [1.82, 2.24) is 15.0 Å². The number of pyridine rings is 1. The van der Waals surface area contributed by atoms with Gasteiger partial charge in [0.05, 0.1) is 30.7 Å². The van der Waals surface area contributed by atoms with Crippen LogP contribution in [0.4, 0.5) is 5.82 Å². The fourth-order valence-electron chi connectivity index (χ4n) is 1.48. The van der Waals surface area contributed by atoms with E-state index in [1.54, 1.807) is 18.6 Å². The molecule has 0 atom stereocenters. The summed E-state index contributed by atoms with van der Waals surface area (Å²) in [4.78, 5) is 12.7. The van der Waals surface area contributed by atoms with E-state index in [9.17, 15) is 0 Å². The number of aromatic nitrogens is 3. The molecule has 2 rings (SSSR count). The third-order valence-electron chi connectivity index (χ3n) is 2.34. The van der Waals surface area contributed by atoms with Gasteiger partial charge in [-0.05, 0) is 26.0 Å². The van der Waals surface area contributed by atoms with Crippen molar-refractivity contribution in [2.24, 2.45) is 0 Å². The topological polar surface area (TPSA) is 59.9 Å². The van der Waals surface area contributed by atoms with Gasteiger partial charge in [0.1, 0.15) is 0 Å². The Bertz CT molecular complexity index is 499. The fraction of sp³-hybridized carbons (Fsp3) is 0.308. The summed E-state index contributed by atoms with van der Waals surface area (Å²) in [6.07, 6.45) is 5.23. The highest BCUT2D eigenvalue weighted by Crippen LogP contribution is 2.20. The average Bonchev–Trinajstić information content (AvgIpc) is 2.40. The minimum absolute atomic E-state index is 0.574. The van der Waals surface area contributed by atoms with Crippen LogP contribution in [0.3, 0.4) is 0 Å². The summed E-state index contributed by atoms with van der Waals surface area (Å²) in [5.74, 6) is 1.47. The fourth-order valence-corrected chi connectivity index (χ4v) is 1.48.